The molecule has 0 heterocycles. The molecule has 0 fully saturated rings. The number of anilines is 1. The summed E-state index contributed by atoms with van der Waals surface area (Å²) in [5.74, 6) is 0. The largest absolute Gasteiger partial charge is 0.398 e. The summed E-state index contributed by atoms with van der Waals surface area (Å²) in [5.41, 5.74) is 8.18. The third kappa shape index (κ3) is 3.37. The Labute approximate surface area is 125 Å². The predicted molar refractivity (Wildman–Crippen MR) is 83.7 cm³/mol. The minimum absolute atomic E-state index is 0.528. The van der Waals surface area contributed by atoms with Crippen LogP contribution in [0.1, 0.15) is 17.2 Å². The van der Waals surface area contributed by atoms with Crippen molar-refractivity contribution in [2.45, 2.75) is 12.5 Å². The van der Waals surface area contributed by atoms with Crippen LogP contribution in [0.15, 0.2) is 42.5 Å². The Morgan fingerprint density at radius 2 is 1.83 bits per heavy atom. The van der Waals surface area contributed by atoms with E-state index < -0.39 is 6.10 Å². The molecular formula is C14H13ClINO. The lowest BCUT2D eigenvalue weighted by atomic mass is 10.0. The molecule has 1 atom stereocenters. The van der Waals surface area contributed by atoms with Gasteiger partial charge in [-0.05, 0) is 52.4 Å². The lowest BCUT2D eigenvalue weighted by Crippen LogP contribution is -2.05. The Hall–Kier alpha value is -0.780. The van der Waals surface area contributed by atoms with Gasteiger partial charge >= 0.3 is 0 Å². The van der Waals surface area contributed by atoms with Gasteiger partial charge in [0.1, 0.15) is 0 Å². The van der Waals surface area contributed by atoms with Gasteiger partial charge in [-0.3, -0.25) is 0 Å². The molecule has 0 aromatic heterocycles. The van der Waals surface area contributed by atoms with Crippen LogP contribution in [0.5, 0.6) is 0 Å². The molecule has 0 aliphatic heterocycles. The monoisotopic (exact) mass is 373 g/mol. The quantitative estimate of drug-likeness (QED) is 0.635. The third-order valence-corrected chi connectivity index (χ3v) is 3.70. The third-order valence-electron chi connectivity index (χ3n) is 2.75. The van der Waals surface area contributed by atoms with E-state index in [9.17, 15) is 5.11 Å². The zero-order valence-electron chi connectivity index (χ0n) is 9.61. The smallest absolute Gasteiger partial charge is 0.0850 e. The Morgan fingerprint density at radius 1 is 1.17 bits per heavy atom. The van der Waals surface area contributed by atoms with Gasteiger partial charge in [-0.25, -0.2) is 0 Å². The van der Waals surface area contributed by atoms with Gasteiger partial charge in [0.15, 0.2) is 0 Å². The summed E-state index contributed by atoms with van der Waals surface area (Å²) in [5, 5.41) is 10.8. The van der Waals surface area contributed by atoms with Crippen LogP contribution in [0.2, 0.25) is 5.02 Å². The van der Waals surface area contributed by atoms with Crippen molar-refractivity contribution in [1.82, 2.24) is 0 Å². The fourth-order valence-electron chi connectivity index (χ4n) is 1.80. The Balaban J connectivity index is 2.16. The molecule has 0 aliphatic rings. The van der Waals surface area contributed by atoms with Crippen molar-refractivity contribution in [3.8, 4) is 0 Å². The van der Waals surface area contributed by atoms with Crippen molar-refractivity contribution >= 4 is 39.9 Å². The highest BCUT2D eigenvalue weighted by Crippen LogP contribution is 2.26. The number of nitrogen functional groups attached to an aromatic ring is 1. The number of hydrogen-bond donors (Lipinski definition) is 2. The molecule has 0 saturated heterocycles. The van der Waals surface area contributed by atoms with Crippen molar-refractivity contribution in [1.29, 1.82) is 0 Å². The summed E-state index contributed by atoms with van der Waals surface area (Å²) in [4.78, 5) is 0. The van der Waals surface area contributed by atoms with Crippen molar-refractivity contribution in [2.75, 3.05) is 5.73 Å². The fourth-order valence-corrected chi connectivity index (χ4v) is 2.34. The molecule has 2 rings (SSSR count). The predicted octanol–water partition coefficient (Wildman–Crippen LogP) is 3.80. The van der Waals surface area contributed by atoms with E-state index in [2.05, 4.69) is 22.6 Å². The van der Waals surface area contributed by atoms with Crippen molar-refractivity contribution in [3.05, 3.63) is 62.2 Å². The number of benzene rings is 2. The zero-order chi connectivity index (χ0) is 13.1. The number of nitrogens with two attached hydrogens (primary N) is 1. The van der Waals surface area contributed by atoms with E-state index in [0.717, 1.165) is 11.1 Å². The maximum absolute atomic E-state index is 10.2. The van der Waals surface area contributed by atoms with Crippen LogP contribution in [-0.2, 0) is 6.42 Å². The van der Waals surface area contributed by atoms with Crippen molar-refractivity contribution in [3.63, 3.8) is 0 Å². The molecule has 3 N–H and O–H groups in total. The Kier molecular flexibility index (Phi) is 4.48. The van der Waals surface area contributed by atoms with E-state index in [0.29, 0.717) is 17.1 Å². The van der Waals surface area contributed by atoms with Crippen LogP contribution in [0.3, 0.4) is 0 Å². The molecule has 0 amide bonds. The van der Waals surface area contributed by atoms with Crippen LogP contribution in [0.25, 0.3) is 0 Å². The Bertz CT molecular complexity index is 542. The van der Waals surface area contributed by atoms with Crippen molar-refractivity contribution in [2.24, 2.45) is 0 Å². The van der Waals surface area contributed by atoms with E-state index in [1.807, 2.05) is 24.3 Å². The molecule has 0 saturated carbocycles. The van der Waals surface area contributed by atoms with Crippen LogP contribution in [0, 0.1) is 3.57 Å². The first kappa shape index (κ1) is 13.6. The lowest BCUT2D eigenvalue weighted by molar-refractivity contribution is 0.179. The van der Waals surface area contributed by atoms with Gasteiger partial charge < -0.3 is 10.8 Å². The standard InChI is InChI=1S/C14H13ClINO/c15-10-3-6-12(13(17)8-10)14(18)7-9-1-4-11(16)5-2-9/h1-6,8,14,18H,7,17H2. The van der Waals surface area contributed by atoms with Gasteiger partial charge in [0.05, 0.1) is 6.10 Å². The molecule has 0 radical (unpaired) electrons. The van der Waals surface area contributed by atoms with Gasteiger partial charge in [-0.2, -0.15) is 0 Å². The highest BCUT2D eigenvalue weighted by molar-refractivity contribution is 14.1. The van der Waals surface area contributed by atoms with Crippen molar-refractivity contribution < 1.29 is 5.11 Å². The van der Waals surface area contributed by atoms with Crippen LogP contribution >= 0.6 is 34.2 Å². The minimum Gasteiger partial charge on any atom is -0.398 e. The first-order valence-electron chi connectivity index (χ1n) is 5.53. The molecule has 0 spiro atoms. The van der Waals surface area contributed by atoms with Crippen LogP contribution in [0.4, 0.5) is 5.69 Å². The summed E-state index contributed by atoms with van der Waals surface area (Å²) in [7, 11) is 0. The van der Waals surface area contributed by atoms with E-state index >= 15 is 0 Å². The average molecular weight is 374 g/mol. The lowest BCUT2D eigenvalue weighted by Gasteiger charge is -2.14. The molecule has 1 unspecified atom stereocenters. The molecule has 4 heteroatoms. The first-order valence-corrected chi connectivity index (χ1v) is 6.99. The zero-order valence-corrected chi connectivity index (χ0v) is 12.5. The number of aliphatic hydroxyl groups is 1. The molecule has 2 nitrogen and oxygen atoms in total. The molecule has 0 bridgehead atoms. The van der Waals surface area contributed by atoms with Gasteiger partial charge in [0.25, 0.3) is 0 Å². The van der Waals surface area contributed by atoms with Crippen LogP contribution < -0.4 is 5.73 Å². The first-order chi connectivity index (χ1) is 8.56. The number of halogens is 2. The summed E-state index contributed by atoms with van der Waals surface area (Å²) in [6.45, 7) is 0. The molecule has 94 valence electrons. The number of hydrogen-bond acceptors (Lipinski definition) is 2. The summed E-state index contributed by atoms with van der Waals surface area (Å²) < 4.78 is 1.18. The average Bonchev–Trinajstić information content (AvgIpc) is 2.32. The Morgan fingerprint density at radius 3 is 2.44 bits per heavy atom. The van der Waals surface area contributed by atoms with Crippen LogP contribution in [-0.4, -0.2) is 5.11 Å². The molecule has 0 aliphatic carbocycles. The molecule has 2 aromatic rings. The van der Waals surface area contributed by atoms with E-state index in [4.69, 9.17) is 17.3 Å². The highest BCUT2D eigenvalue weighted by atomic mass is 127. The van der Waals surface area contributed by atoms with Gasteiger partial charge in [-0.15, -0.1) is 0 Å². The molecule has 18 heavy (non-hydrogen) atoms. The molecular weight excluding hydrogens is 361 g/mol. The van der Waals surface area contributed by atoms with Gasteiger partial charge in [-0.1, -0.05) is 29.8 Å². The second-order valence-corrected chi connectivity index (χ2v) is 5.80. The second-order valence-electron chi connectivity index (χ2n) is 4.12. The topological polar surface area (TPSA) is 46.2 Å². The normalized spacial score (nSPS) is 12.4. The number of rotatable bonds is 3. The summed E-state index contributed by atoms with van der Waals surface area (Å²) >= 11 is 8.09. The minimum atomic E-state index is -0.609. The number of aliphatic hydroxyl groups excluding tert-OH is 1. The fraction of sp³-hybridized carbons (Fsp3) is 0.143. The SMILES string of the molecule is Nc1cc(Cl)ccc1C(O)Cc1ccc(I)cc1. The highest BCUT2D eigenvalue weighted by Gasteiger charge is 2.12. The maximum atomic E-state index is 10.2. The second kappa shape index (κ2) is 5.91. The summed E-state index contributed by atoms with van der Waals surface area (Å²) in [6.07, 6.45) is -0.0646. The van der Waals surface area contributed by atoms with E-state index in [-0.39, 0.29) is 0 Å². The summed E-state index contributed by atoms with van der Waals surface area (Å²) in [6, 6.07) is 13.2. The van der Waals surface area contributed by atoms with E-state index in [1.54, 1.807) is 18.2 Å². The van der Waals surface area contributed by atoms with E-state index in [1.165, 1.54) is 3.57 Å². The van der Waals surface area contributed by atoms with Gasteiger partial charge in [0, 0.05) is 26.3 Å². The molecule has 2 aromatic carbocycles. The maximum Gasteiger partial charge on any atom is 0.0850 e. The van der Waals surface area contributed by atoms with Gasteiger partial charge in [0.2, 0.25) is 0 Å².